The highest BCUT2D eigenvalue weighted by Gasteiger charge is 2.57. The highest BCUT2D eigenvalue weighted by molar-refractivity contribution is 6.18. The van der Waals surface area contributed by atoms with Crippen molar-refractivity contribution in [2.45, 2.75) is 50.9 Å². The molecule has 4 atom stereocenters. The first-order chi connectivity index (χ1) is 14.5. The number of methoxy groups -OCH3 is 1. The first-order valence-electron chi connectivity index (χ1n) is 10.6. The second kappa shape index (κ2) is 8.73. The third kappa shape index (κ3) is 3.81. The summed E-state index contributed by atoms with van der Waals surface area (Å²) in [6.07, 6.45) is 3.12. The number of fused-ring (bicyclic) bond motifs is 3. The molecule has 2 saturated heterocycles. The number of carbonyl (C=O) groups is 3. The molecule has 2 heterocycles. The van der Waals surface area contributed by atoms with Crippen molar-refractivity contribution < 1.29 is 23.9 Å². The lowest BCUT2D eigenvalue weighted by molar-refractivity contribution is -0.134. The van der Waals surface area contributed by atoms with Crippen LogP contribution < -0.4 is 10.2 Å². The van der Waals surface area contributed by atoms with Gasteiger partial charge in [0.25, 0.3) is 5.91 Å². The van der Waals surface area contributed by atoms with Crippen LogP contribution in [0.1, 0.15) is 31.2 Å². The lowest BCUT2D eigenvalue weighted by Gasteiger charge is -2.42. The Morgan fingerprint density at radius 3 is 2.67 bits per heavy atom. The van der Waals surface area contributed by atoms with Gasteiger partial charge >= 0.3 is 6.03 Å². The van der Waals surface area contributed by atoms with Crippen molar-refractivity contribution in [3.63, 3.8) is 0 Å². The van der Waals surface area contributed by atoms with Crippen LogP contribution in [-0.4, -0.2) is 67.8 Å². The van der Waals surface area contributed by atoms with E-state index in [1.54, 1.807) is 24.1 Å². The number of nitrogens with one attached hydrogen (secondary N) is 1. The van der Waals surface area contributed by atoms with E-state index in [4.69, 9.17) is 9.47 Å². The number of aryl methyl sites for hydroxylation is 1. The number of ether oxygens (including phenoxy) is 2. The highest BCUT2D eigenvalue weighted by Crippen LogP contribution is 2.43. The molecule has 3 aliphatic rings. The molecule has 0 aromatic heterocycles. The average Bonchev–Trinajstić information content (AvgIpc) is 3.13. The summed E-state index contributed by atoms with van der Waals surface area (Å²) in [6, 6.07) is 6.37. The minimum absolute atomic E-state index is 0.0393. The van der Waals surface area contributed by atoms with Crippen LogP contribution in [0.25, 0.3) is 0 Å². The molecule has 1 aliphatic carbocycles. The van der Waals surface area contributed by atoms with E-state index in [0.29, 0.717) is 18.8 Å². The van der Waals surface area contributed by atoms with Crippen LogP contribution in [0.4, 0.5) is 10.5 Å². The maximum Gasteiger partial charge on any atom is 0.332 e. The summed E-state index contributed by atoms with van der Waals surface area (Å²) >= 11 is 0. The average molecular weight is 415 g/mol. The number of hydrogen-bond donors (Lipinski definition) is 1. The summed E-state index contributed by atoms with van der Waals surface area (Å²) < 4.78 is 11.2. The summed E-state index contributed by atoms with van der Waals surface area (Å²) in [5.41, 5.74) is 1.53. The molecular formula is C22H29N3O5. The summed E-state index contributed by atoms with van der Waals surface area (Å²) in [5, 5.41) is 2.77. The van der Waals surface area contributed by atoms with Gasteiger partial charge in [0.1, 0.15) is 6.54 Å². The zero-order chi connectivity index (χ0) is 21.3. The van der Waals surface area contributed by atoms with E-state index >= 15 is 0 Å². The van der Waals surface area contributed by atoms with Gasteiger partial charge in [-0.2, -0.15) is 0 Å². The smallest absolute Gasteiger partial charge is 0.332 e. The fourth-order valence-corrected chi connectivity index (χ4v) is 4.86. The number of amides is 4. The number of carbonyl (C=O) groups excluding carboxylic acids is 3. The van der Waals surface area contributed by atoms with Gasteiger partial charge in [0.2, 0.25) is 5.91 Å². The Kier molecular flexibility index (Phi) is 6.06. The zero-order valence-corrected chi connectivity index (χ0v) is 17.5. The van der Waals surface area contributed by atoms with Crippen molar-refractivity contribution in [3.8, 4) is 0 Å². The Balaban J connectivity index is 1.63. The third-order valence-electron chi connectivity index (χ3n) is 6.32. The first kappa shape index (κ1) is 20.8. The zero-order valence-electron chi connectivity index (χ0n) is 17.5. The molecule has 0 bridgehead atoms. The second-order valence-electron chi connectivity index (χ2n) is 8.30. The molecule has 30 heavy (non-hydrogen) atoms. The summed E-state index contributed by atoms with van der Waals surface area (Å²) in [4.78, 5) is 42.1. The first-order valence-corrected chi connectivity index (χ1v) is 10.6. The number of anilines is 1. The number of imide groups is 1. The maximum absolute atomic E-state index is 13.5. The van der Waals surface area contributed by atoms with Crippen LogP contribution in [0.3, 0.4) is 0 Å². The van der Waals surface area contributed by atoms with Crippen molar-refractivity contribution >= 4 is 23.5 Å². The van der Waals surface area contributed by atoms with E-state index in [9.17, 15) is 14.4 Å². The standard InChI is InChI=1S/C22H29N3O5/c1-14-7-9-15(10-8-14)25-21(27)20-19(16-5-3-4-6-17(16)30-20)24(22(25)28)13-18(26)23-11-12-29-2/h7-10,16-17,19-20H,3-6,11-13H2,1-2H3,(H,23,26). The SMILES string of the molecule is COCCNC(=O)CN1C(=O)N(c2ccc(C)cc2)C(=O)C2OC3CCCCC3C21. The molecule has 0 radical (unpaired) electrons. The minimum atomic E-state index is -0.733. The van der Waals surface area contributed by atoms with Crippen molar-refractivity contribution in [3.05, 3.63) is 29.8 Å². The molecule has 4 unspecified atom stereocenters. The van der Waals surface area contributed by atoms with Gasteiger partial charge in [-0.3, -0.25) is 9.59 Å². The molecule has 1 aromatic carbocycles. The van der Waals surface area contributed by atoms with E-state index in [-0.39, 0.29) is 30.4 Å². The Bertz CT molecular complexity index is 811. The van der Waals surface area contributed by atoms with Gasteiger partial charge in [-0.15, -0.1) is 0 Å². The molecular weight excluding hydrogens is 386 g/mol. The fourth-order valence-electron chi connectivity index (χ4n) is 4.86. The molecule has 8 nitrogen and oxygen atoms in total. The van der Waals surface area contributed by atoms with Crippen LogP contribution in [-0.2, 0) is 19.1 Å². The molecule has 2 aliphatic heterocycles. The molecule has 1 N–H and O–H groups in total. The quantitative estimate of drug-likeness (QED) is 0.717. The molecule has 4 rings (SSSR count). The Labute approximate surface area is 176 Å². The summed E-state index contributed by atoms with van der Waals surface area (Å²) in [5.74, 6) is -0.514. The van der Waals surface area contributed by atoms with Crippen LogP contribution in [0.2, 0.25) is 0 Å². The molecule has 0 spiro atoms. The van der Waals surface area contributed by atoms with Gasteiger partial charge < -0.3 is 19.7 Å². The van der Waals surface area contributed by atoms with Crippen LogP contribution in [0.15, 0.2) is 24.3 Å². The van der Waals surface area contributed by atoms with Crippen molar-refractivity contribution in [2.24, 2.45) is 5.92 Å². The van der Waals surface area contributed by atoms with E-state index in [1.165, 1.54) is 4.90 Å². The van der Waals surface area contributed by atoms with E-state index in [1.807, 2.05) is 19.1 Å². The molecule has 162 valence electrons. The maximum atomic E-state index is 13.5. The van der Waals surface area contributed by atoms with Crippen molar-refractivity contribution in [2.75, 3.05) is 31.7 Å². The van der Waals surface area contributed by atoms with Crippen molar-refractivity contribution in [1.29, 1.82) is 0 Å². The van der Waals surface area contributed by atoms with Gasteiger partial charge in [-0.1, -0.05) is 30.5 Å². The normalized spacial score (nSPS) is 28.3. The highest BCUT2D eigenvalue weighted by atomic mass is 16.5. The van der Waals surface area contributed by atoms with E-state index < -0.39 is 18.2 Å². The summed E-state index contributed by atoms with van der Waals surface area (Å²) in [7, 11) is 1.56. The molecule has 1 saturated carbocycles. The van der Waals surface area contributed by atoms with Crippen LogP contribution in [0, 0.1) is 12.8 Å². The molecule has 3 fully saturated rings. The van der Waals surface area contributed by atoms with Gasteiger partial charge in [-0.25, -0.2) is 9.69 Å². The van der Waals surface area contributed by atoms with Crippen LogP contribution in [0.5, 0.6) is 0 Å². The molecule has 8 heteroatoms. The largest absolute Gasteiger partial charge is 0.383 e. The number of benzene rings is 1. The lowest BCUT2D eigenvalue weighted by Crippen LogP contribution is -2.66. The monoisotopic (exact) mass is 415 g/mol. The molecule has 1 aromatic rings. The Hall–Kier alpha value is -2.45. The lowest BCUT2D eigenvalue weighted by atomic mass is 9.81. The fraction of sp³-hybridized carbons (Fsp3) is 0.591. The number of urea groups is 1. The number of rotatable bonds is 6. The minimum Gasteiger partial charge on any atom is -0.383 e. The number of nitrogens with zero attached hydrogens (tertiary/aromatic N) is 2. The third-order valence-corrected chi connectivity index (χ3v) is 6.32. The van der Waals surface area contributed by atoms with Gasteiger partial charge in [-0.05, 0) is 31.9 Å². The van der Waals surface area contributed by atoms with Crippen molar-refractivity contribution in [1.82, 2.24) is 10.2 Å². The topological polar surface area (TPSA) is 88.2 Å². The molecule has 4 amide bonds. The Morgan fingerprint density at radius 1 is 1.20 bits per heavy atom. The predicted molar refractivity (Wildman–Crippen MR) is 110 cm³/mol. The Morgan fingerprint density at radius 2 is 1.93 bits per heavy atom. The van der Waals surface area contributed by atoms with E-state index in [0.717, 1.165) is 31.2 Å². The van der Waals surface area contributed by atoms with E-state index in [2.05, 4.69) is 5.32 Å². The summed E-state index contributed by atoms with van der Waals surface area (Å²) in [6.45, 7) is 2.61. The van der Waals surface area contributed by atoms with Gasteiger partial charge in [0, 0.05) is 19.6 Å². The number of hydrogen-bond acceptors (Lipinski definition) is 5. The predicted octanol–water partition coefficient (Wildman–Crippen LogP) is 1.85. The second-order valence-corrected chi connectivity index (χ2v) is 8.30. The van der Waals surface area contributed by atoms with Gasteiger partial charge in [0.15, 0.2) is 6.10 Å². The van der Waals surface area contributed by atoms with Gasteiger partial charge in [0.05, 0.1) is 24.4 Å². The van der Waals surface area contributed by atoms with Crippen LogP contribution >= 0.6 is 0 Å².